The van der Waals surface area contributed by atoms with Gasteiger partial charge in [-0.05, 0) is 58.0 Å². The van der Waals surface area contributed by atoms with Crippen LogP contribution in [0, 0.1) is 0 Å². The van der Waals surface area contributed by atoms with Gasteiger partial charge in [0.05, 0.1) is 31.0 Å². The van der Waals surface area contributed by atoms with Crippen molar-refractivity contribution in [1.82, 2.24) is 15.3 Å². The first-order valence-electron chi connectivity index (χ1n) is 12.4. The maximum absolute atomic E-state index is 12.2. The first-order valence-corrected chi connectivity index (χ1v) is 12.4. The van der Waals surface area contributed by atoms with E-state index in [0.717, 1.165) is 10.9 Å². The van der Waals surface area contributed by atoms with E-state index >= 15 is 0 Å². The molecule has 202 valence electrons. The number of nitrogens with one attached hydrogen (secondary N) is 2. The molecule has 1 aromatic heterocycles. The number of aromatic nitrogens is 2. The van der Waals surface area contributed by atoms with Gasteiger partial charge in [0.2, 0.25) is 0 Å². The van der Waals surface area contributed by atoms with E-state index < -0.39 is 0 Å². The van der Waals surface area contributed by atoms with Crippen LogP contribution in [0.3, 0.4) is 0 Å². The van der Waals surface area contributed by atoms with Crippen molar-refractivity contribution in [3.8, 4) is 22.9 Å². The number of methoxy groups -OCH3 is 1. The molecule has 0 unspecified atom stereocenters. The molecule has 2 aromatic carbocycles. The summed E-state index contributed by atoms with van der Waals surface area (Å²) in [6.07, 6.45) is 3.06. The zero-order valence-corrected chi connectivity index (χ0v) is 22.6. The largest absolute Gasteiger partial charge is 0.494 e. The van der Waals surface area contributed by atoms with Gasteiger partial charge in [-0.1, -0.05) is 12.1 Å². The quantitative estimate of drug-likeness (QED) is 0.242. The van der Waals surface area contributed by atoms with Gasteiger partial charge >= 0.3 is 0 Å². The van der Waals surface area contributed by atoms with Crippen molar-refractivity contribution < 1.29 is 19.0 Å². The Morgan fingerprint density at radius 1 is 1.11 bits per heavy atom. The van der Waals surface area contributed by atoms with Crippen LogP contribution in [-0.2, 0) is 9.53 Å². The molecule has 0 fully saturated rings. The summed E-state index contributed by atoms with van der Waals surface area (Å²) in [6.45, 7) is 9.12. The summed E-state index contributed by atoms with van der Waals surface area (Å²) in [5.74, 6) is 2.05. The smallest absolute Gasteiger partial charge is 0.258 e. The second-order valence-corrected chi connectivity index (χ2v) is 9.40. The third-order valence-corrected chi connectivity index (χ3v) is 5.05. The minimum absolute atomic E-state index is 0.0978. The van der Waals surface area contributed by atoms with Crippen LogP contribution >= 0.6 is 0 Å². The van der Waals surface area contributed by atoms with Gasteiger partial charge in [-0.3, -0.25) is 9.79 Å². The molecule has 1 amide bonds. The van der Waals surface area contributed by atoms with E-state index in [4.69, 9.17) is 29.9 Å². The topological polar surface area (TPSA) is 133 Å². The molecule has 0 bridgehead atoms. The van der Waals surface area contributed by atoms with E-state index in [-0.39, 0.29) is 18.1 Å². The third-order valence-electron chi connectivity index (χ3n) is 5.05. The lowest BCUT2D eigenvalue weighted by Gasteiger charge is -2.20. The van der Waals surface area contributed by atoms with Crippen LogP contribution in [0.2, 0.25) is 0 Å². The summed E-state index contributed by atoms with van der Waals surface area (Å²) in [7, 11) is 1.62. The lowest BCUT2D eigenvalue weighted by atomic mass is 10.1. The minimum Gasteiger partial charge on any atom is -0.494 e. The van der Waals surface area contributed by atoms with Gasteiger partial charge in [-0.25, -0.2) is 9.97 Å². The first-order chi connectivity index (χ1) is 18.2. The van der Waals surface area contributed by atoms with E-state index in [1.165, 1.54) is 6.20 Å². The number of aliphatic imine (C=N–C) groups is 1. The number of hydrogen-bond donors (Lipinski definition) is 3. The Kier molecular flexibility index (Phi) is 10.0. The Hall–Kier alpha value is -4.18. The van der Waals surface area contributed by atoms with E-state index in [2.05, 4.69) is 15.6 Å². The number of rotatable bonds is 12. The molecule has 10 nitrogen and oxygen atoms in total. The molecule has 0 radical (unpaired) electrons. The fourth-order valence-electron chi connectivity index (χ4n) is 3.48. The summed E-state index contributed by atoms with van der Waals surface area (Å²) in [5.41, 5.74) is 7.53. The molecule has 0 aliphatic carbocycles. The number of allylic oxidation sites excluding steroid dienone is 1. The van der Waals surface area contributed by atoms with Crippen LogP contribution in [-0.4, -0.2) is 61.1 Å². The van der Waals surface area contributed by atoms with Gasteiger partial charge in [0.1, 0.15) is 17.3 Å². The molecule has 0 saturated heterocycles. The van der Waals surface area contributed by atoms with Gasteiger partial charge < -0.3 is 30.6 Å². The number of hydrogen-bond acceptors (Lipinski definition) is 9. The Labute approximate surface area is 223 Å². The highest BCUT2D eigenvalue weighted by molar-refractivity contribution is 5.95. The fraction of sp³-hybridized carbons (Fsp3) is 0.357. The number of amides is 1. The average molecular weight is 521 g/mol. The van der Waals surface area contributed by atoms with Gasteiger partial charge in [-0.15, -0.1) is 0 Å². The van der Waals surface area contributed by atoms with Gasteiger partial charge in [0.15, 0.2) is 12.4 Å². The van der Waals surface area contributed by atoms with E-state index in [1.807, 2.05) is 58.0 Å². The zero-order chi connectivity index (χ0) is 27.5. The van der Waals surface area contributed by atoms with Crippen molar-refractivity contribution in [2.24, 2.45) is 10.7 Å². The van der Waals surface area contributed by atoms with Gasteiger partial charge in [0.25, 0.3) is 5.91 Å². The number of fused-ring (bicyclic) bond motifs is 1. The normalized spacial score (nSPS) is 12.1. The second-order valence-electron chi connectivity index (χ2n) is 9.40. The fourth-order valence-corrected chi connectivity index (χ4v) is 3.48. The molecule has 0 atom stereocenters. The van der Waals surface area contributed by atoms with Crippen molar-refractivity contribution in [1.29, 1.82) is 0 Å². The van der Waals surface area contributed by atoms with Crippen LogP contribution in [0.25, 0.3) is 22.3 Å². The molecule has 4 N–H and O–H groups in total. The van der Waals surface area contributed by atoms with Crippen LogP contribution in [0.15, 0.2) is 59.4 Å². The molecular weight excluding hydrogens is 484 g/mol. The molecule has 0 saturated carbocycles. The van der Waals surface area contributed by atoms with Gasteiger partial charge in [0, 0.05) is 36.0 Å². The van der Waals surface area contributed by atoms with E-state index in [1.54, 1.807) is 25.5 Å². The molecule has 10 heteroatoms. The maximum atomic E-state index is 12.2. The summed E-state index contributed by atoms with van der Waals surface area (Å²) in [6, 6.07) is 12.9. The molecule has 0 aliphatic heterocycles. The number of benzene rings is 2. The molecule has 3 rings (SSSR count). The predicted molar refractivity (Wildman–Crippen MR) is 151 cm³/mol. The highest BCUT2D eigenvalue weighted by Crippen LogP contribution is 2.30. The maximum Gasteiger partial charge on any atom is 0.258 e. The van der Waals surface area contributed by atoms with Crippen molar-refractivity contribution in [2.45, 2.75) is 33.2 Å². The van der Waals surface area contributed by atoms with Crippen LogP contribution in [0.4, 0.5) is 5.82 Å². The highest BCUT2D eigenvalue weighted by atomic mass is 16.5. The first kappa shape index (κ1) is 28.4. The zero-order valence-electron chi connectivity index (χ0n) is 22.6. The average Bonchev–Trinajstić information content (AvgIpc) is 2.88. The summed E-state index contributed by atoms with van der Waals surface area (Å²) >= 11 is 0. The third kappa shape index (κ3) is 8.45. The number of nitrogens with zero attached hydrogens (tertiary/aromatic N) is 3. The van der Waals surface area contributed by atoms with E-state index in [0.29, 0.717) is 54.1 Å². The molecule has 3 aromatic rings. The number of anilines is 1. The standard InChI is InChI=1S/C28H36N6O4/c1-6-37-22-10-11-24-23(15-22)27(31-20(16-29)17-30-12-13-36-5)33-26(32-24)19-8-7-9-21(14-19)38-18-25(35)34-28(2,3)4/h7-11,14-17H,6,12-13,18,29H2,1-5H3,(H,34,35)(H,31,32,33). The number of nitrogens with two attached hydrogens (primary N) is 1. The van der Waals surface area contributed by atoms with E-state index in [9.17, 15) is 4.79 Å². The van der Waals surface area contributed by atoms with Crippen LogP contribution in [0.1, 0.15) is 27.7 Å². The number of ether oxygens (including phenoxy) is 3. The SMILES string of the molecule is CCOc1ccc2nc(-c3cccc(OCC(=O)NC(C)(C)C)c3)nc(NC(C=NCCOC)=CN)c2c1. The Bertz CT molecular complexity index is 1300. The Balaban J connectivity index is 1.94. The monoisotopic (exact) mass is 520 g/mol. The van der Waals surface area contributed by atoms with Crippen LogP contribution in [0.5, 0.6) is 11.5 Å². The molecular formula is C28H36N6O4. The van der Waals surface area contributed by atoms with Crippen molar-refractivity contribution >= 4 is 28.8 Å². The Morgan fingerprint density at radius 3 is 2.61 bits per heavy atom. The lowest BCUT2D eigenvalue weighted by Crippen LogP contribution is -2.43. The van der Waals surface area contributed by atoms with Crippen molar-refractivity contribution in [3.05, 3.63) is 54.4 Å². The summed E-state index contributed by atoms with van der Waals surface area (Å²) < 4.78 is 16.5. The highest BCUT2D eigenvalue weighted by Gasteiger charge is 2.15. The summed E-state index contributed by atoms with van der Waals surface area (Å²) in [4.78, 5) is 26.1. The molecule has 1 heterocycles. The minimum atomic E-state index is -0.335. The summed E-state index contributed by atoms with van der Waals surface area (Å²) in [5, 5.41) is 6.90. The molecule has 0 spiro atoms. The lowest BCUT2D eigenvalue weighted by molar-refractivity contribution is -0.124. The Morgan fingerprint density at radius 2 is 1.89 bits per heavy atom. The van der Waals surface area contributed by atoms with Crippen molar-refractivity contribution in [3.63, 3.8) is 0 Å². The molecule has 0 aliphatic rings. The van der Waals surface area contributed by atoms with Crippen LogP contribution < -0.4 is 25.8 Å². The second kappa shape index (κ2) is 13.4. The van der Waals surface area contributed by atoms with Gasteiger partial charge in [-0.2, -0.15) is 0 Å². The number of carbonyl (C=O) groups excluding carboxylic acids is 1. The predicted octanol–water partition coefficient (Wildman–Crippen LogP) is 3.92. The number of carbonyl (C=O) groups is 1. The molecule has 38 heavy (non-hydrogen) atoms. The van der Waals surface area contributed by atoms with Crippen molar-refractivity contribution in [2.75, 3.05) is 38.8 Å².